The fraction of sp³-hybridized carbons (Fsp3) is 0.750. The number of likely N-dealkylation sites (tertiary alicyclic amines) is 1. The van der Waals surface area contributed by atoms with Gasteiger partial charge in [0.15, 0.2) is 0 Å². The van der Waals surface area contributed by atoms with Gasteiger partial charge < -0.3 is 10.2 Å². The molecule has 82 valence electrons. The average Bonchev–Trinajstić information content (AvgIpc) is 2.87. The van der Waals surface area contributed by atoms with Gasteiger partial charge in [0.05, 0.1) is 0 Å². The summed E-state index contributed by atoms with van der Waals surface area (Å²) >= 11 is 0. The van der Waals surface area contributed by atoms with Crippen molar-refractivity contribution in [1.82, 2.24) is 10.2 Å². The second kappa shape index (κ2) is 3.63. The van der Waals surface area contributed by atoms with Crippen LogP contribution in [0.5, 0.6) is 0 Å². The first-order valence-corrected chi connectivity index (χ1v) is 6.00. The topological polar surface area (TPSA) is 32.3 Å². The van der Waals surface area contributed by atoms with Crippen LogP contribution in [0.4, 0.5) is 0 Å². The van der Waals surface area contributed by atoms with Gasteiger partial charge >= 0.3 is 0 Å². The highest BCUT2D eigenvalue weighted by Crippen LogP contribution is 2.26. The van der Waals surface area contributed by atoms with Gasteiger partial charge in [0.1, 0.15) is 0 Å². The Bertz CT molecular complexity index is 280. The van der Waals surface area contributed by atoms with Crippen LogP contribution in [0.3, 0.4) is 0 Å². The minimum atomic E-state index is 0.252. The Kier molecular flexibility index (Phi) is 2.28. The van der Waals surface area contributed by atoms with Crippen molar-refractivity contribution in [3.8, 4) is 0 Å². The van der Waals surface area contributed by atoms with Crippen LogP contribution in [-0.2, 0) is 4.79 Å². The highest BCUT2D eigenvalue weighted by atomic mass is 16.2. The van der Waals surface area contributed by atoms with Crippen molar-refractivity contribution in [2.24, 2.45) is 11.8 Å². The lowest BCUT2D eigenvalue weighted by atomic mass is 9.97. The molecule has 15 heavy (non-hydrogen) atoms. The molecule has 3 nitrogen and oxygen atoms in total. The van der Waals surface area contributed by atoms with Crippen molar-refractivity contribution >= 4 is 5.91 Å². The van der Waals surface area contributed by atoms with Crippen molar-refractivity contribution in [1.29, 1.82) is 0 Å². The molecule has 2 saturated heterocycles. The molecule has 3 aliphatic rings. The van der Waals surface area contributed by atoms with Gasteiger partial charge in [0.2, 0.25) is 5.91 Å². The van der Waals surface area contributed by atoms with Crippen molar-refractivity contribution in [3.05, 3.63) is 12.2 Å². The molecule has 0 saturated carbocycles. The zero-order chi connectivity index (χ0) is 10.3. The third-order valence-corrected chi connectivity index (χ3v) is 3.90. The first-order chi connectivity index (χ1) is 7.33. The summed E-state index contributed by atoms with van der Waals surface area (Å²) < 4.78 is 0. The standard InChI is InChI=1S/C12H18N2O/c15-12(10-3-1-2-4-10)14-7-9-5-11(8-14)13-6-9/h1-2,9-11,13H,3-8H2/t9-,11-/m1/s1. The Labute approximate surface area is 90.5 Å². The van der Waals surface area contributed by atoms with Gasteiger partial charge in [-0.3, -0.25) is 4.79 Å². The Morgan fingerprint density at radius 3 is 2.80 bits per heavy atom. The first kappa shape index (κ1) is 9.40. The summed E-state index contributed by atoms with van der Waals surface area (Å²) in [7, 11) is 0. The molecule has 1 amide bonds. The SMILES string of the molecule is O=C(C1CC=CC1)N1C[C@H]2CN[C@H](C2)C1. The van der Waals surface area contributed by atoms with Crippen LogP contribution in [0.2, 0.25) is 0 Å². The molecule has 0 aromatic heterocycles. The summed E-state index contributed by atoms with van der Waals surface area (Å²) in [6.07, 6.45) is 7.46. The smallest absolute Gasteiger partial charge is 0.226 e. The molecule has 2 bridgehead atoms. The summed E-state index contributed by atoms with van der Waals surface area (Å²) in [4.78, 5) is 14.3. The maximum absolute atomic E-state index is 12.2. The third-order valence-electron chi connectivity index (χ3n) is 3.90. The van der Waals surface area contributed by atoms with Crippen LogP contribution in [-0.4, -0.2) is 36.5 Å². The number of fused-ring (bicyclic) bond motifs is 2. The summed E-state index contributed by atoms with van der Waals surface area (Å²) in [5.41, 5.74) is 0. The number of allylic oxidation sites excluding steroid dienone is 2. The fourth-order valence-corrected chi connectivity index (χ4v) is 3.09. The minimum Gasteiger partial charge on any atom is -0.341 e. The van der Waals surface area contributed by atoms with Gasteiger partial charge in [-0.2, -0.15) is 0 Å². The number of amides is 1. The van der Waals surface area contributed by atoms with Crippen molar-refractivity contribution in [3.63, 3.8) is 0 Å². The molecule has 0 unspecified atom stereocenters. The van der Waals surface area contributed by atoms with Gasteiger partial charge in [-0.15, -0.1) is 0 Å². The number of carbonyl (C=O) groups is 1. The minimum absolute atomic E-state index is 0.252. The second-order valence-electron chi connectivity index (χ2n) is 5.09. The summed E-state index contributed by atoms with van der Waals surface area (Å²) in [6, 6.07) is 0.571. The predicted octanol–water partition coefficient (Wildman–Crippen LogP) is 0.773. The number of nitrogens with zero attached hydrogens (tertiary/aromatic N) is 1. The summed E-state index contributed by atoms with van der Waals surface area (Å²) in [5.74, 6) is 1.35. The largest absolute Gasteiger partial charge is 0.341 e. The normalized spacial score (nSPS) is 35.1. The molecular formula is C12H18N2O. The lowest BCUT2D eigenvalue weighted by Gasteiger charge is -2.33. The van der Waals surface area contributed by atoms with E-state index in [4.69, 9.17) is 0 Å². The van der Waals surface area contributed by atoms with E-state index in [2.05, 4.69) is 22.4 Å². The van der Waals surface area contributed by atoms with E-state index in [1.54, 1.807) is 0 Å². The Hall–Kier alpha value is -0.830. The van der Waals surface area contributed by atoms with E-state index in [0.717, 1.165) is 32.5 Å². The molecule has 1 aliphatic carbocycles. The van der Waals surface area contributed by atoms with Crippen molar-refractivity contribution in [2.75, 3.05) is 19.6 Å². The molecule has 2 aliphatic heterocycles. The van der Waals surface area contributed by atoms with Gasteiger partial charge in [0.25, 0.3) is 0 Å². The predicted molar refractivity (Wildman–Crippen MR) is 58.3 cm³/mol. The lowest BCUT2D eigenvalue weighted by molar-refractivity contribution is -0.136. The maximum atomic E-state index is 12.2. The summed E-state index contributed by atoms with van der Waals surface area (Å²) in [6.45, 7) is 3.03. The van der Waals surface area contributed by atoms with Gasteiger partial charge in [-0.05, 0) is 25.2 Å². The molecular weight excluding hydrogens is 188 g/mol. The molecule has 0 radical (unpaired) electrons. The summed E-state index contributed by atoms with van der Waals surface area (Å²) in [5, 5.41) is 3.48. The van der Waals surface area contributed by atoms with Crippen LogP contribution >= 0.6 is 0 Å². The highest BCUT2D eigenvalue weighted by molar-refractivity contribution is 5.79. The molecule has 0 aromatic rings. The van der Waals surface area contributed by atoms with Crippen LogP contribution in [0.15, 0.2) is 12.2 Å². The van der Waals surface area contributed by atoms with Crippen LogP contribution in [0.1, 0.15) is 19.3 Å². The molecule has 2 fully saturated rings. The Morgan fingerprint density at radius 2 is 2.07 bits per heavy atom. The van der Waals surface area contributed by atoms with E-state index in [1.165, 1.54) is 6.42 Å². The van der Waals surface area contributed by atoms with E-state index >= 15 is 0 Å². The van der Waals surface area contributed by atoms with Gasteiger partial charge in [-0.1, -0.05) is 12.2 Å². The number of carbonyl (C=O) groups excluding carboxylic acids is 1. The van der Waals surface area contributed by atoms with E-state index < -0.39 is 0 Å². The Morgan fingerprint density at radius 1 is 1.27 bits per heavy atom. The lowest BCUT2D eigenvalue weighted by Crippen LogP contribution is -2.46. The first-order valence-electron chi connectivity index (χ1n) is 6.00. The van der Waals surface area contributed by atoms with Crippen LogP contribution in [0.25, 0.3) is 0 Å². The van der Waals surface area contributed by atoms with E-state index in [0.29, 0.717) is 17.9 Å². The molecule has 2 atom stereocenters. The number of nitrogens with one attached hydrogen (secondary N) is 1. The van der Waals surface area contributed by atoms with Crippen molar-refractivity contribution < 1.29 is 4.79 Å². The highest BCUT2D eigenvalue weighted by Gasteiger charge is 2.36. The van der Waals surface area contributed by atoms with Crippen molar-refractivity contribution in [2.45, 2.75) is 25.3 Å². The van der Waals surface area contributed by atoms with E-state index in [-0.39, 0.29) is 5.92 Å². The molecule has 1 N–H and O–H groups in total. The third kappa shape index (κ3) is 1.69. The average molecular weight is 206 g/mol. The Balaban J connectivity index is 1.64. The molecule has 3 rings (SSSR count). The fourth-order valence-electron chi connectivity index (χ4n) is 3.09. The number of hydrogen-bond acceptors (Lipinski definition) is 2. The van der Waals surface area contributed by atoms with Crippen LogP contribution < -0.4 is 5.32 Å². The van der Waals surface area contributed by atoms with E-state index in [9.17, 15) is 4.79 Å². The second-order valence-corrected chi connectivity index (χ2v) is 5.09. The van der Waals surface area contributed by atoms with E-state index in [1.807, 2.05) is 0 Å². The molecule has 2 heterocycles. The zero-order valence-electron chi connectivity index (χ0n) is 8.98. The quantitative estimate of drug-likeness (QED) is 0.643. The van der Waals surface area contributed by atoms with Gasteiger partial charge in [0, 0.05) is 31.6 Å². The number of hydrogen-bond donors (Lipinski definition) is 1. The maximum Gasteiger partial charge on any atom is 0.226 e. The molecule has 0 spiro atoms. The van der Waals surface area contributed by atoms with Gasteiger partial charge in [-0.25, -0.2) is 0 Å². The zero-order valence-corrected chi connectivity index (χ0v) is 8.98. The molecule has 3 heteroatoms. The number of piperidine rings is 1. The monoisotopic (exact) mass is 206 g/mol. The van der Waals surface area contributed by atoms with Crippen LogP contribution in [0, 0.1) is 11.8 Å². The molecule has 0 aromatic carbocycles. The number of rotatable bonds is 1.